The summed E-state index contributed by atoms with van der Waals surface area (Å²) in [5.41, 5.74) is 6.36. The SMILES string of the molecule is C.C1CN(C2CC3CC3C2)CCO1.Nc1ncc(-c2ccn(CC3CC3)n2)cc1OC(F)(F)F. The Morgan fingerprint density at radius 3 is 2.47 bits per heavy atom. The number of nitrogens with zero attached hydrogens (tertiary/aromatic N) is 4. The largest absolute Gasteiger partial charge is 0.573 e. The average Bonchev–Trinajstić information content (AvgIpc) is 3.66. The van der Waals surface area contributed by atoms with Gasteiger partial charge in [-0.2, -0.15) is 5.10 Å². The monoisotopic (exact) mass is 481 g/mol. The summed E-state index contributed by atoms with van der Waals surface area (Å²) in [6, 6.07) is 3.85. The quantitative estimate of drug-likeness (QED) is 0.673. The second-order valence-corrected chi connectivity index (χ2v) is 9.55. The van der Waals surface area contributed by atoms with Gasteiger partial charge in [-0.05, 0) is 62.0 Å². The van der Waals surface area contributed by atoms with Crippen molar-refractivity contribution in [2.75, 3.05) is 32.0 Å². The molecule has 4 fully saturated rings. The number of hydrogen-bond donors (Lipinski definition) is 1. The number of rotatable bonds is 5. The lowest BCUT2D eigenvalue weighted by atomic mass is 10.1. The molecule has 7 nitrogen and oxygen atoms in total. The van der Waals surface area contributed by atoms with Crippen LogP contribution in [0.5, 0.6) is 5.75 Å². The van der Waals surface area contributed by atoms with Crippen LogP contribution in [0.3, 0.4) is 0 Å². The van der Waals surface area contributed by atoms with Crippen molar-refractivity contribution < 1.29 is 22.6 Å². The van der Waals surface area contributed by atoms with Gasteiger partial charge in [0.15, 0.2) is 11.6 Å². The Kier molecular flexibility index (Phi) is 7.37. The van der Waals surface area contributed by atoms with Crippen LogP contribution in [0.1, 0.15) is 39.5 Å². The number of nitrogens with two attached hydrogens (primary N) is 1. The van der Waals surface area contributed by atoms with Crippen molar-refractivity contribution in [1.82, 2.24) is 19.7 Å². The predicted molar refractivity (Wildman–Crippen MR) is 123 cm³/mol. The minimum absolute atomic E-state index is 0. The first-order valence-electron chi connectivity index (χ1n) is 11.7. The van der Waals surface area contributed by atoms with Crippen LogP contribution in [0.4, 0.5) is 19.0 Å². The lowest BCUT2D eigenvalue weighted by Crippen LogP contribution is -2.42. The molecule has 6 rings (SSSR count). The Hall–Kier alpha value is -2.33. The molecule has 2 atom stereocenters. The molecule has 0 radical (unpaired) electrons. The van der Waals surface area contributed by atoms with Gasteiger partial charge in [0.05, 0.1) is 18.9 Å². The van der Waals surface area contributed by atoms with Gasteiger partial charge in [-0.3, -0.25) is 9.58 Å². The Morgan fingerprint density at radius 2 is 1.82 bits per heavy atom. The Labute approximate surface area is 198 Å². The highest BCUT2D eigenvalue weighted by Gasteiger charge is 2.47. The number of hydrogen-bond acceptors (Lipinski definition) is 6. The van der Waals surface area contributed by atoms with Crippen LogP contribution in [0, 0.1) is 17.8 Å². The number of anilines is 1. The zero-order valence-electron chi connectivity index (χ0n) is 18.5. The highest BCUT2D eigenvalue weighted by Crippen LogP contribution is 2.53. The summed E-state index contributed by atoms with van der Waals surface area (Å²) in [6.07, 6.45) is 5.29. The van der Waals surface area contributed by atoms with Crippen molar-refractivity contribution in [3.8, 4) is 17.0 Å². The van der Waals surface area contributed by atoms with Crippen LogP contribution < -0.4 is 10.5 Å². The van der Waals surface area contributed by atoms with Crippen molar-refractivity contribution >= 4 is 5.82 Å². The number of pyridine rings is 1. The van der Waals surface area contributed by atoms with E-state index >= 15 is 0 Å². The molecule has 2 unspecified atom stereocenters. The molecule has 0 aromatic carbocycles. The minimum Gasteiger partial charge on any atom is -0.402 e. The maximum atomic E-state index is 12.3. The van der Waals surface area contributed by atoms with E-state index in [0.717, 1.165) is 37.6 Å². The fourth-order valence-corrected chi connectivity index (χ4v) is 4.91. The van der Waals surface area contributed by atoms with Gasteiger partial charge in [0, 0.05) is 43.6 Å². The molecule has 188 valence electrons. The first-order valence-corrected chi connectivity index (χ1v) is 11.7. The normalized spacial score (nSPS) is 26.1. The van der Waals surface area contributed by atoms with E-state index in [1.165, 1.54) is 51.0 Å². The van der Waals surface area contributed by atoms with Crippen LogP contribution in [-0.4, -0.2) is 58.4 Å². The number of alkyl halides is 3. The summed E-state index contributed by atoms with van der Waals surface area (Å²) < 4.78 is 47.8. The maximum Gasteiger partial charge on any atom is 0.573 e. The number of fused-ring (bicyclic) bond motifs is 1. The molecule has 1 aliphatic heterocycles. The Morgan fingerprint density at radius 1 is 1.12 bits per heavy atom. The van der Waals surface area contributed by atoms with Gasteiger partial charge in [-0.25, -0.2) is 4.98 Å². The number of ether oxygens (including phenoxy) is 2. The van der Waals surface area contributed by atoms with E-state index in [2.05, 4.69) is 19.7 Å². The summed E-state index contributed by atoms with van der Waals surface area (Å²) >= 11 is 0. The third-order valence-electron chi connectivity index (χ3n) is 6.97. The second-order valence-electron chi connectivity index (χ2n) is 9.55. The summed E-state index contributed by atoms with van der Waals surface area (Å²) in [4.78, 5) is 6.37. The van der Waals surface area contributed by atoms with E-state index < -0.39 is 12.1 Å². The van der Waals surface area contributed by atoms with Gasteiger partial charge < -0.3 is 15.2 Å². The molecule has 3 heterocycles. The molecular formula is C24H34F3N5O2. The molecule has 2 aromatic heterocycles. The van der Waals surface area contributed by atoms with E-state index in [1.54, 1.807) is 23.4 Å². The molecule has 3 saturated carbocycles. The van der Waals surface area contributed by atoms with Gasteiger partial charge in [0.25, 0.3) is 0 Å². The smallest absolute Gasteiger partial charge is 0.402 e. The topological polar surface area (TPSA) is 78.4 Å². The van der Waals surface area contributed by atoms with Crippen LogP contribution in [0.2, 0.25) is 0 Å². The fourth-order valence-electron chi connectivity index (χ4n) is 4.91. The molecular weight excluding hydrogens is 447 g/mol. The van der Waals surface area contributed by atoms with Crippen molar-refractivity contribution in [2.45, 2.75) is 58.5 Å². The number of nitrogen functional groups attached to an aromatic ring is 1. The Bertz CT molecular complexity index is 946. The molecule has 0 spiro atoms. The Balaban J connectivity index is 0.000000178. The zero-order chi connectivity index (χ0) is 23.0. The van der Waals surface area contributed by atoms with Crippen LogP contribution in [0.15, 0.2) is 24.5 Å². The summed E-state index contributed by atoms with van der Waals surface area (Å²) in [7, 11) is 0. The number of aromatic nitrogens is 3. The van der Waals surface area contributed by atoms with E-state index in [1.807, 2.05) is 0 Å². The number of halogens is 3. The lowest BCUT2D eigenvalue weighted by molar-refractivity contribution is -0.274. The molecule has 1 saturated heterocycles. The highest BCUT2D eigenvalue weighted by atomic mass is 19.4. The second kappa shape index (κ2) is 10.1. The van der Waals surface area contributed by atoms with Gasteiger partial charge in [-0.15, -0.1) is 13.2 Å². The maximum absolute atomic E-state index is 12.3. The van der Waals surface area contributed by atoms with Crippen LogP contribution >= 0.6 is 0 Å². The van der Waals surface area contributed by atoms with E-state index in [-0.39, 0.29) is 13.2 Å². The van der Waals surface area contributed by atoms with Crippen LogP contribution in [0.25, 0.3) is 11.3 Å². The summed E-state index contributed by atoms with van der Waals surface area (Å²) in [5.74, 6) is 2.08. The molecule has 3 aliphatic carbocycles. The third kappa shape index (κ3) is 6.41. The van der Waals surface area contributed by atoms with Gasteiger partial charge in [0.2, 0.25) is 0 Å². The van der Waals surface area contributed by atoms with E-state index in [0.29, 0.717) is 17.2 Å². The van der Waals surface area contributed by atoms with Crippen molar-refractivity contribution in [3.05, 3.63) is 24.5 Å². The molecule has 10 heteroatoms. The van der Waals surface area contributed by atoms with Crippen LogP contribution in [-0.2, 0) is 11.3 Å². The predicted octanol–water partition coefficient (Wildman–Crippen LogP) is 4.59. The number of morpholine rings is 1. The average molecular weight is 482 g/mol. The third-order valence-corrected chi connectivity index (χ3v) is 6.97. The van der Waals surface area contributed by atoms with Gasteiger partial charge in [0.1, 0.15) is 0 Å². The summed E-state index contributed by atoms with van der Waals surface area (Å²) in [6.45, 7) is 5.13. The van der Waals surface area contributed by atoms with E-state index in [9.17, 15) is 13.2 Å². The summed E-state index contributed by atoms with van der Waals surface area (Å²) in [5, 5.41) is 4.33. The van der Waals surface area contributed by atoms with Gasteiger partial charge >= 0.3 is 6.36 Å². The molecule has 34 heavy (non-hydrogen) atoms. The highest BCUT2D eigenvalue weighted by molar-refractivity contribution is 5.63. The minimum atomic E-state index is -4.81. The first-order chi connectivity index (χ1) is 15.8. The first kappa shape index (κ1) is 24.8. The molecule has 2 aromatic rings. The molecule has 0 amide bonds. The fraction of sp³-hybridized carbons (Fsp3) is 0.667. The van der Waals surface area contributed by atoms with Crippen molar-refractivity contribution in [2.24, 2.45) is 17.8 Å². The van der Waals surface area contributed by atoms with Crippen molar-refractivity contribution in [3.63, 3.8) is 0 Å². The zero-order valence-corrected chi connectivity index (χ0v) is 18.5. The standard InChI is InChI=1S/C13H13F3N4O.C10H17NO.CH4/c14-13(15,16)21-11-5-9(6-18-12(11)17)10-3-4-20(19-10)7-8-1-2-8;1-3-12-4-2-11(1)10-6-8-5-9(8)7-10;/h3-6,8H,1-2,7H2,(H2,17,18);8-10H,1-7H2;1H4. The van der Waals surface area contributed by atoms with E-state index in [4.69, 9.17) is 10.5 Å². The van der Waals surface area contributed by atoms with Crippen molar-refractivity contribution in [1.29, 1.82) is 0 Å². The molecule has 0 bridgehead atoms. The molecule has 4 aliphatic rings. The molecule has 2 N–H and O–H groups in total. The van der Waals surface area contributed by atoms with Gasteiger partial charge in [-0.1, -0.05) is 7.43 Å². The lowest BCUT2D eigenvalue weighted by Gasteiger charge is -2.32.